The van der Waals surface area contributed by atoms with E-state index in [0.717, 1.165) is 42.9 Å². The molecule has 1 unspecified atom stereocenters. The first kappa shape index (κ1) is 31.9. The molecule has 2 aromatic carbocycles. The van der Waals surface area contributed by atoms with Crippen LogP contribution in [0, 0.1) is 0 Å². The molecular formula is C30H40F2N2O5S2. The first-order valence-corrected chi connectivity index (χ1v) is 16.5. The van der Waals surface area contributed by atoms with Crippen LogP contribution in [-0.4, -0.2) is 75.3 Å². The number of halogens is 2. The Balaban J connectivity index is 1.52. The maximum absolute atomic E-state index is 14.2. The van der Waals surface area contributed by atoms with Crippen molar-refractivity contribution in [2.45, 2.75) is 72.9 Å². The third kappa shape index (κ3) is 8.07. The van der Waals surface area contributed by atoms with Crippen molar-refractivity contribution in [3.63, 3.8) is 0 Å². The highest BCUT2D eigenvalue weighted by molar-refractivity contribution is 7.98. The number of hydrogen-bond acceptors (Lipinski definition) is 7. The van der Waals surface area contributed by atoms with Crippen LogP contribution in [0.15, 0.2) is 53.4 Å². The quantitative estimate of drug-likeness (QED) is 0.318. The molecule has 0 aliphatic carbocycles. The van der Waals surface area contributed by atoms with Gasteiger partial charge in [-0.1, -0.05) is 36.4 Å². The van der Waals surface area contributed by atoms with Gasteiger partial charge in [0.05, 0.1) is 11.5 Å². The molecule has 226 valence electrons. The normalized spacial score (nSPS) is 20.0. The molecule has 2 aliphatic heterocycles. The number of nitrogens with zero attached hydrogens (tertiary/aromatic N) is 1. The van der Waals surface area contributed by atoms with Gasteiger partial charge < -0.3 is 14.4 Å². The van der Waals surface area contributed by atoms with E-state index in [4.69, 9.17) is 9.47 Å². The Bertz CT molecular complexity index is 1240. The van der Waals surface area contributed by atoms with Crippen molar-refractivity contribution >= 4 is 27.7 Å². The van der Waals surface area contributed by atoms with E-state index in [9.17, 15) is 22.0 Å². The highest BCUT2D eigenvalue weighted by atomic mass is 32.2. The van der Waals surface area contributed by atoms with Crippen LogP contribution in [0.25, 0.3) is 11.1 Å². The van der Waals surface area contributed by atoms with Gasteiger partial charge in [0.1, 0.15) is 5.44 Å². The van der Waals surface area contributed by atoms with Crippen LogP contribution in [-0.2, 0) is 30.5 Å². The van der Waals surface area contributed by atoms with Crippen LogP contribution in [0.3, 0.4) is 0 Å². The predicted molar refractivity (Wildman–Crippen MR) is 158 cm³/mol. The fraction of sp³-hybridized carbons (Fsp3) is 0.567. The van der Waals surface area contributed by atoms with Gasteiger partial charge in [0, 0.05) is 39.8 Å². The minimum absolute atomic E-state index is 0.0995. The van der Waals surface area contributed by atoms with Crippen molar-refractivity contribution in [1.29, 1.82) is 0 Å². The van der Waals surface area contributed by atoms with E-state index in [0.29, 0.717) is 32.8 Å². The molecule has 1 amide bonds. The Morgan fingerprint density at radius 2 is 1.73 bits per heavy atom. The molecule has 0 bridgehead atoms. The molecule has 2 aromatic rings. The summed E-state index contributed by atoms with van der Waals surface area (Å²) in [7, 11) is -2.41. The number of carbonyl (C=O) groups is 1. The second kappa shape index (κ2) is 13.9. The van der Waals surface area contributed by atoms with Gasteiger partial charge in [-0.05, 0) is 86.2 Å². The maximum atomic E-state index is 14.2. The molecule has 4 rings (SSSR count). The number of nitrogens with one attached hydrogen (secondary N) is 1. The summed E-state index contributed by atoms with van der Waals surface area (Å²) in [6.45, 7) is 3.69. The van der Waals surface area contributed by atoms with Gasteiger partial charge in [0.2, 0.25) is 5.92 Å². The van der Waals surface area contributed by atoms with Gasteiger partial charge in [0.15, 0.2) is 14.6 Å². The summed E-state index contributed by atoms with van der Waals surface area (Å²) in [6.07, 6.45) is 3.22. The number of hydrogen-bond donors (Lipinski definition) is 1. The van der Waals surface area contributed by atoms with Gasteiger partial charge >= 0.3 is 0 Å². The fourth-order valence-corrected chi connectivity index (χ4v) is 8.18. The number of benzene rings is 2. The van der Waals surface area contributed by atoms with Crippen molar-refractivity contribution in [2.75, 3.05) is 40.0 Å². The van der Waals surface area contributed by atoms with E-state index >= 15 is 0 Å². The van der Waals surface area contributed by atoms with Crippen LogP contribution in [0.5, 0.6) is 0 Å². The van der Waals surface area contributed by atoms with Gasteiger partial charge in [-0.2, -0.15) is 0 Å². The SMILES string of the molecule is COCCN1CCC(C(=O)NSC2CCCCO2)(S(=O)(=O)c2ccc(-c3ccc(CCC(C)(F)F)cc3)cc2)CC1. The number of rotatable bonds is 12. The Hall–Kier alpha value is -2.05. The number of aryl methyl sites for hydroxylation is 1. The first-order chi connectivity index (χ1) is 19.5. The largest absolute Gasteiger partial charge is 0.383 e. The summed E-state index contributed by atoms with van der Waals surface area (Å²) in [5.41, 5.74) is 2.28. The molecule has 2 heterocycles. The second-order valence-electron chi connectivity index (χ2n) is 11.0. The summed E-state index contributed by atoms with van der Waals surface area (Å²) < 4.78 is 66.9. The molecule has 0 aromatic heterocycles. The van der Waals surface area contributed by atoms with Crippen molar-refractivity contribution in [3.05, 3.63) is 54.1 Å². The Morgan fingerprint density at radius 1 is 1.10 bits per heavy atom. The zero-order chi connectivity index (χ0) is 29.5. The molecule has 2 aliphatic rings. The Labute approximate surface area is 246 Å². The van der Waals surface area contributed by atoms with Crippen LogP contribution < -0.4 is 4.72 Å². The minimum Gasteiger partial charge on any atom is -0.383 e. The molecule has 7 nitrogen and oxygen atoms in total. The fourth-order valence-electron chi connectivity index (χ4n) is 5.27. The van der Waals surface area contributed by atoms with E-state index < -0.39 is 26.4 Å². The molecule has 11 heteroatoms. The van der Waals surface area contributed by atoms with Crippen LogP contribution >= 0.6 is 11.9 Å². The molecule has 2 fully saturated rings. The lowest BCUT2D eigenvalue weighted by molar-refractivity contribution is -0.123. The lowest BCUT2D eigenvalue weighted by Crippen LogP contribution is -2.57. The number of ether oxygens (including phenoxy) is 2. The van der Waals surface area contributed by atoms with E-state index in [-0.39, 0.29) is 36.0 Å². The molecule has 2 saturated heterocycles. The van der Waals surface area contributed by atoms with Crippen molar-refractivity contribution in [3.8, 4) is 11.1 Å². The third-order valence-corrected chi connectivity index (χ3v) is 11.4. The lowest BCUT2D eigenvalue weighted by Gasteiger charge is -2.40. The van der Waals surface area contributed by atoms with E-state index in [2.05, 4.69) is 9.62 Å². The van der Waals surface area contributed by atoms with Gasteiger partial charge in [-0.15, -0.1) is 0 Å². The molecule has 0 radical (unpaired) electrons. The molecule has 0 saturated carbocycles. The molecular weight excluding hydrogens is 570 g/mol. The highest BCUT2D eigenvalue weighted by Gasteiger charge is 2.53. The van der Waals surface area contributed by atoms with E-state index in [1.54, 1.807) is 31.4 Å². The Kier molecular flexibility index (Phi) is 10.8. The zero-order valence-corrected chi connectivity index (χ0v) is 25.4. The highest BCUT2D eigenvalue weighted by Crippen LogP contribution is 2.38. The maximum Gasteiger partial charge on any atom is 0.251 e. The van der Waals surface area contributed by atoms with E-state index in [1.807, 2.05) is 24.3 Å². The monoisotopic (exact) mass is 610 g/mol. The smallest absolute Gasteiger partial charge is 0.251 e. The van der Waals surface area contributed by atoms with Gasteiger partial charge in [-0.3, -0.25) is 9.52 Å². The molecule has 1 N–H and O–H groups in total. The van der Waals surface area contributed by atoms with Crippen molar-refractivity contribution < 1.29 is 31.5 Å². The number of methoxy groups -OCH3 is 1. The summed E-state index contributed by atoms with van der Waals surface area (Å²) >= 11 is 1.17. The molecule has 41 heavy (non-hydrogen) atoms. The lowest BCUT2D eigenvalue weighted by atomic mass is 9.95. The topological polar surface area (TPSA) is 84.9 Å². The Morgan fingerprint density at radius 3 is 2.29 bits per heavy atom. The average Bonchev–Trinajstić information content (AvgIpc) is 2.98. The third-order valence-electron chi connectivity index (χ3n) is 7.93. The number of amides is 1. The molecule has 1 atom stereocenters. The van der Waals surface area contributed by atoms with Gasteiger partial charge in [-0.25, -0.2) is 17.2 Å². The van der Waals surface area contributed by atoms with Crippen LogP contribution in [0.4, 0.5) is 8.78 Å². The summed E-state index contributed by atoms with van der Waals surface area (Å²) in [6, 6.07) is 13.9. The van der Waals surface area contributed by atoms with Gasteiger partial charge in [0.25, 0.3) is 5.91 Å². The summed E-state index contributed by atoms with van der Waals surface area (Å²) in [5.74, 6) is -3.21. The molecule has 0 spiro atoms. The van der Waals surface area contributed by atoms with Crippen molar-refractivity contribution in [1.82, 2.24) is 9.62 Å². The second-order valence-corrected chi connectivity index (χ2v) is 14.2. The number of piperidine rings is 1. The van der Waals surface area contributed by atoms with E-state index in [1.165, 1.54) is 11.9 Å². The van der Waals surface area contributed by atoms with Crippen molar-refractivity contribution in [2.24, 2.45) is 0 Å². The zero-order valence-electron chi connectivity index (χ0n) is 23.7. The minimum atomic E-state index is -4.04. The van der Waals surface area contributed by atoms with Crippen LogP contribution in [0.2, 0.25) is 0 Å². The average molecular weight is 611 g/mol. The summed E-state index contributed by atoms with van der Waals surface area (Å²) in [4.78, 5) is 15.9. The summed E-state index contributed by atoms with van der Waals surface area (Å²) in [5, 5.41) is 0. The number of carbonyl (C=O) groups excluding carboxylic acids is 1. The van der Waals surface area contributed by atoms with Crippen LogP contribution in [0.1, 0.15) is 51.0 Å². The number of sulfone groups is 1. The predicted octanol–water partition coefficient (Wildman–Crippen LogP) is 5.49. The number of alkyl halides is 2. The standard InChI is InChI=1S/C30H40F2N2O5S2/c1-29(31,32)15-14-23-6-8-24(9-7-23)25-10-12-26(13-11-25)41(36,37)30(16-18-34(19-17-30)20-22-38-2)28(35)33-40-27-5-3-4-21-39-27/h6-13,27H,3-5,14-22H2,1-2H3,(H,33,35). The number of likely N-dealkylation sites (tertiary alicyclic amines) is 1. The first-order valence-electron chi connectivity index (χ1n) is 14.1.